The van der Waals surface area contributed by atoms with Crippen molar-refractivity contribution in [3.05, 3.63) is 113 Å². The lowest BCUT2D eigenvalue weighted by molar-refractivity contribution is -0.143. The van der Waals surface area contributed by atoms with Gasteiger partial charge in [-0.15, -0.1) is 0 Å². The lowest BCUT2D eigenvalue weighted by Crippen LogP contribution is -2.37. The molecule has 1 atom stereocenters. The molecular formula is C28H23F6N2PS. The third kappa shape index (κ3) is 6.63. The third-order valence-corrected chi connectivity index (χ3v) is 8.70. The number of benzene rings is 3. The van der Waals surface area contributed by atoms with Gasteiger partial charge >= 0.3 is 12.4 Å². The van der Waals surface area contributed by atoms with Crippen molar-refractivity contribution in [1.82, 2.24) is 5.32 Å². The maximum Gasteiger partial charge on any atom is 0.416 e. The first-order valence-corrected chi connectivity index (χ1v) is 13.4. The summed E-state index contributed by atoms with van der Waals surface area (Å²) in [6.45, 7) is 1.87. The third-order valence-electron chi connectivity index (χ3n) is 5.93. The molecule has 1 aliphatic rings. The smallest absolute Gasteiger partial charge is 0.356 e. The predicted octanol–water partition coefficient (Wildman–Crippen LogP) is 7.75. The van der Waals surface area contributed by atoms with Crippen molar-refractivity contribution < 1.29 is 26.3 Å². The number of hydrogen-bond acceptors (Lipinski definition) is 1. The molecule has 4 rings (SSSR count). The Morgan fingerprint density at radius 2 is 1.32 bits per heavy atom. The molecule has 0 aliphatic heterocycles. The minimum Gasteiger partial charge on any atom is -0.356 e. The SMILES string of the molecule is C[C@@H](NC(=S)Nc1cc(C(F)(F)F)cc(C(F)(F)F)c1)C1=C(P(c2ccccc2)c2ccccc2)C=CC1. The van der Waals surface area contributed by atoms with Crippen molar-refractivity contribution in [3.63, 3.8) is 0 Å². The molecule has 0 heterocycles. The maximum atomic E-state index is 13.2. The summed E-state index contributed by atoms with van der Waals surface area (Å²) in [5.74, 6) is 0. The summed E-state index contributed by atoms with van der Waals surface area (Å²) in [5, 5.41) is 8.92. The summed E-state index contributed by atoms with van der Waals surface area (Å²) in [5.41, 5.74) is -2.17. The Labute approximate surface area is 223 Å². The Bertz CT molecular complexity index is 1280. The molecule has 0 saturated carbocycles. The van der Waals surface area contributed by atoms with Crippen LogP contribution in [0, 0.1) is 0 Å². The highest BCUT2D eigenvalue weighted by molar-refractivity contribution is 7.80. The highest BCUT2D eigenvalue weighted by Crippen LogP contribution is 2.48. The summed E-state index contributed by atoms with van der Waals surface area (Å²) in [6, 6.07) is 21.1. The van der Waals surface area contributed by atoms with E-state index in [1.54, 1.807) is 0 Å². The lowest BCUT2D eigenvalue weighted by atomic mass is 10.1. The molecule has 0 saturated heterocycles. The molecule has 0 bridgehead atoms. The summed E-state index contributed by atoms with van der Waals surface area (Å²) in [7, 11) is -0.893. The van der Waals surface area contributed by atoms with E-state index >= 15 is 0 Å². The molecule has 0 fully saturated rings. The Hall–Kier alpha value is -3.16. The van der Waals surface area contributed by atoms with Crippen LogP contribution in [-0.4, -0.2) is 11.2 Å². The van der Waals surface area contributed by atoms with Crippen molar-refractivity contribution in [1.29, 1.82) is 0 Å². The summed E-state index contributed by atoms with van der Waals surface area (Å²) < 4.78 is 79.4. The minimum absolute atomic E-state index is 0.0764. The fourth-order valence-corrected chi connectivity index (χ4v) is 7.10. The van der Waals surface area contributed by atoms with Crippen molar-refractivity contribution in [2.24, 2.45) is 0 Å². The van der Waals surface area contributed by atoms with E-state index in [0.29, 0.717) is 18.6 Å². The molecule has 1 aliphatic carbocycles. The molecule has 10 heteroatoms. The zero-order valence-electron chi connectivity index (χ0n) is 20.1. The number of nitrogens with one attached hydrogen (secondary N) is 2. The van der Waals surface area contributed by atoms with Crippen LogP contribution >= 0.6 is 20.1 Å². The van der Waals surface area contributed by atoms with Gasteiger partial charge in [0.1, 0.15) is 0 Å². The molecule has 0 spiro atoms. The molecule has 38 heavy (non-hydrogen) atoms. The van der Waals surface area contributed by atoms with Gasteiger partial charge in [-0.3, -0.25) is 0 Å². The lowest BCUT2D eigenvalue weighted by Gasteiger charge is -2.25. The molecule has 3 aromatic carbocycles. The minimum atomic E-state index is -4.94. The zero-order chi connectivity index (χ0) is 27.5. The normalized spacial score (nSPS) is 14.6. The molecule has 0 aromatic heterocycles. The van der Waals surface area contributed by atoms with Gasteiger partial charge in [-0.1, -0.05) is 72.8 Å². The van der Waals surface area contributed by atoms with Crippen LogP contribution in [0.2, 0.25) is 0 Å². The Morgan fingerprint density at radius 1 is 0.816 bits per heavy atom. The standard InChI is InChI=1S/C28H23F6N2PS/c1-18(35-26(38)36-21-16-19(27(29,30)31)15-20(17-21)28(32,33)34)24-13-8-14-25(24)37(22-9-4-2-5-10-22)23-11-6-3-7-12-23/h2-12,14-18H,13H2,1H3,(H2,35,36,38)/t18-/m1/s1. The average molecular weight is 565 g/mol. The first kappa shape index (κ1) is 27.9. The highest BCUT2D eigenvalue weighted by Gasteiger charge is 2.37. The summed E-state index contributed by atoms with van der Waals surface area (Å²) in [4.78, 5) is 0. The van der Waals surface area contributed by atoms with Gasteiger partial charge in [0.2, 0.25) is 0 Å². The molecule has 0 unspecified atom stereocenters. The van der Waals surface area contributed by atoms with Crippen LogP contribution in [0.1, 0.15) is 24.5 Å². The fraction of sp³-hybridized carbons (Fsp3) is 0.179. The van der Waals surface area contributed by atoms with Crippen LogP contribution in [0.25, 0.3) is 0 Å². The number of rotatable bonds is 6. The van der Waals surface area contributed by atoms with E-state index in [-0.39, 0.29) is 17.2 Å². The Morgan fingerprint density at radius 3 is 1.79 bits per heavy atom. The van der Waals surface area contributed by atoms with Crippen molar-refractivity contribution in [2.75, 3.05) is 5.32 Å². The summed E-state index contributed by atoms with van der Waals surface area (Å²) in [6.07, 6.45) is -5.12. The monoisotopic (exact) mass is 564 g/mol. The van der Waals surface area contributed by atoms with Crippen LogP contribution in [0.15, 0.2) is 102 Å². The molecule has 0 amide bonds. The Kier molecular flexibility index (Phi) is 8.28. The van der Waals surface area contributed by atoms with Gasteiger partial charge in [-0.05, 0) is 73.2 Å². The van der Waals surface area contributed by atoms with Gasteiger partial charge in [-0.2, -0.15) is 26.3 Å². The van der Waals surface area contributed by atoms with Gasteiger partial charge < -0.3 is 10.6 Å². The largest absolute Gasteiger partial charge is 0.416 e. The molecule has 198 valence electrons. The van der Waals surface area contributed by atoms with Gasteiger partial charge in [0, 0.05) is 11.7 Å². The topological polar surface area (TPSA) is 24.1 Å². The van der Waals surface area contributed by atoms with Gasteiger partial charge in [-0.25, -0.2) is 0 Å². The second kappa shape index (κ2) is 11.3. The number of halogens is 6. The second-order valence-corrected chi connectivity index (χ2v) is 11.2. The van der Waals surface area contributed by atoms with Crippen molar-refractivity contribution in [3.8, 4) is 0 Å². The van der Waals surface area contributed by atoms with Gasteiger partial charge in [0.25, 0.3) is 0 Å². The highest BCUT2D eigenvalue weighted by atomic mass is 32.1. The van der Waals surface area contributed by atoms with Crippen LogP contribution in [0.4, 0.5) is 32.0 Å². The quantitative estimate of drug-likeness (QED) is 0.182. The number of allylic oxidation sites excluding steroid dienone is 3. The van der Waals surface area contributed by atoms with Crippen LogP contribution in [-0.2, 0) is 12.4 Å². The fourth-order valence-electron chi connectivity index (χ4n) is 4.19. The van der Waals surface area contributed by atoms with Crippen LogP contribution in [0.5, 0.6) is 0 Å². The van der Waals surface area contributed by atoms with Crippen molar-refractivity contribution >= 4 is 41.5 Å². The average Bonchev–Trinajstić information content (AvgIpc) is 3.34. The van der Waals surface area contributed by atoms with Crippen LogP contribution in [0.3, 0.4) is 0 Å². The van der Waals surface area contributed by atoms with Gasteiger partial charge in [0.15, 0.2) is 5.11 Å². The molecule has 3 aromatic rings. The van der Waals surface area contributed by atoms with E-state index in [1.807, 2.05) is 49.4 Å². The summed E-state index contributed by atoms with van der Waals surface area (Å²) >= 11 is 5.29. The zero-order valence-corrected chi connectivity index (χ0v) is 21.8. The second-order valence-electron chi connectivity index (χ2n) is 8.64. The molecule has 2 N–H and O–H groups in total. The first-order chi connectivity index (χ1) is 17.9. The van der Waals surface area contributed by atoms with E-state index in [1.165, 1.54) is 0 Å². The number of anilines is 1. The number of alkyl halides is 6. The number of thiocarbonyl (C=S) groups is 1. The van der Waals surface area contributed by atoms with E-state index in [9.17, 15) is 26.3 Å². The number of hydrogen-bond donors (Lipinski definition) is 2. The van der Waals surface area contributed by atoms with Gasteiger partial charge in [0.05, 0.1) is 11.1 Å². The van der Waals surface area contributed by atoms with Crippen LogP contribution < -0.4 is 21.2 Å². The van der Waals surface area contributed by atoms with E-state index in [0.717, 1.165) is 21.5 Å². The van der Waals surface area contributed by atoms with E-state index < -0.39 is 37.1 Å². The molecule has 0 radical (unpaired) electrons. The molecular weight excluding hydrogens is 541 g/mol. The Balaban J connectivity index is 1.60. The maximum absolute atomic E-state index is 13.2. The first-order valence-electron chi connectivity index (χ1n) is 11.6. The predicted molar refractivity (Wildman–Crippen MR) is 145 cm³/mol. The van der Waals surface area contributed by atoms with Crippen molar-refractivity contribution in [2.45, 2.75) is 31.7 Å². The molecule has 2 nitrogen and oxygen atoms in total. The van der Waals surface area contributed by atoms with E-state index in [4.69, 9.17) is 12.2 Å². The van der Waals surface area contributed by atoms with E-state index in [2.05, 4.69) is 41.0 Å².